The molecule has 5 heteroatoms. The minimum atomic E-state index is -0.148. The highest BCUT2D eigenvalue weighted by atomic mass is 16.3. The minimum absolute atomic E-state index is 0.148. The normalized spacial score (nSPS) is 13.0. The summed E-state index contributed by atoms with van der Waals surface area (Å²) in [5, 5.41) is 7.27. The number of para-hydroxylation sites is 2. The molecule has 0 saturated carbocycles. The Morgan fingerprint density at radius 2 is 1.05 bits per heavy atom. The number of hydrogen-bond acceptors (Lipinski definition) is 4. The number of furan rings is 1. The van der Waals surface area contributed by atoms with Crippen LogP contribution in [0.3, 0.4) is 0 Å². The first-order valence-electron chi connectivity index (χ1n) is 21.5. The zero-order valence-corrected chi connectivity index (χ0v) is 34.7. The van der Waals surface area contributed by atoms with Crippen LogP contribution in [0.4, 0.5) is 0 Å². The highest BCUT2D eigenvalue weighted by Gasteiger charge is 2.35. The molecular formula is C58H38N4O. The fraction of sp³-hybridized carbons (Fsp3) is 0.0517. The highest BCUT2D eigenvalue weighted by Crippen LogP contribution is 2.52. The van der Waals surface area contributed by atoms with Crippen LogP contribution in [0.2, 0.25) is 0 Å². The number of hydrogen-bond donors (Lipinski definition) is 0. The predicted octanol–water partition coefficient (Wildman–Crippen LogP) is 15.0. The van der Waals surface area contributed by atoms with Crippen molar-refractivity contribution in [3.63, 3.8) is 0 Å². The molecule has 13 rings (SSSR count). The van der Waals surface area contributed by atoms with Gasteiger partial charge in [-0.05, 0) is 81.1 Å². The smallest absolute Gasteiger partial charge is 0.164 e. The Morgan fingerprint density at radius 1 is 0.429 bits per heavy atom. The van der Waals surface area contributed by atoms with Gasteiger partial charge in [-0.3, -0.25) is 0 Å². The lowest BCUT2D eigenvalue weighted by Crippen LogP contribution is -2.23. The summed E-state index contributed by atoms with van der Waals surface area (Å²) in [6.45, 7) is 4.72. The van der Waals surface area contributed by atoms with Gasteiger partial charge in [0.1, 0.15) is 11.2 Å². The van der Waals surface area contributed by atoms with E-state index in [0.717, 1.165) is 61.0 Å². The second-order valence-corrected chi connectivity index (χ2v) is 17.2. The van der Waals surface area contributed by atoms with Crippen molar-refractivity contribution in [3.05, 3.63) is 205 Å². The highest BCUT2D eigenvalue weighted by molar-refractivity contribution is 6.23. The topological polar surface area (TPSA) is 56.7 Å². The molecule has 1 aliphatic rings. The molecule has 0 atom stereocenters. The van der Waals surface area contributed by atoms with Crippen LogP contribution in [-0.4, -0.2) is 19.5 Å². The zero-order valence-electron chi connectivity index (χ0n) is 34.7. The Balaban J connectivity index is 0.981. The van der Waals surface area contributed by atoms with Crippen LogP contribution in [0.25, 0.3) is 117 Å². The summed E-state index contributed by atoms with van der Waals surface area (Å²) in [6.07, 6.45) is 0. The number of fused-ring (bicyclic) bond motifs is 9. The lowest BCUT2D eigenvalue weighted by molar-refractivity contribution is 0.645. The molecule has 1 aliphatic carbocycles. The van der Waals surface area contributed by atoms with Crippen LogP contribution >= 0.6 is 0 Å². The van der Waals surface area contributed by atoms with Crippen LogP contribution in [-0.2, 0) is 5.41 Å². The van der Waals surface area contributed by atoms with Gasteiger partial charge in [-0.25, -0.2) is 15.0 Å². The molecule has 0 unspecified atom stereocenters. The lowest BCUT2D eigenvalue weighted by atomic mass is 9.68. The molecule has 3 heterocycles. The van der Waals surface area contributed by atoms with Gasteiger partial charge in [0, 0.05) is 54.9 Å². The summed E-state index contributed by atoms with van der Waals surface area (Å²) in [5.41, 5.74) is 15.3. The first-order valence-corrected chi connectivity index (χ1v) is 21.5. The standard InChI is InChI=1S/C58H38N4O/c1-58(2)47-22-9-6-21-44(47)53-52-39(16-13-23-48(52)58)34-46-42-19-7-10-24-49(42)62(54(46)53)41-18-12-17-40(32-41)57-60-55(36-14-4-3-5-15-36)59-56(61-57)37-28-26-35(27-29-37)38-30-31-51-45(33-38)43-20-8-11-25-50(43)63-51/h3-34H,1-2H3. The van der Waals surface area contributed by atoms with Crippen molar-refractivity contribution in [2.45, 2.75) is 19.3 Å². The van der Waals surface area contributed by atoms with Gasteiger partial charge in [0.05, 0.1) is 11.0 Å². The molecule has 9 aromatic carbocycles. The largest absolute Gasteiger partial charge is 0.456 e. The van der Waals surface area contributed by atoms with Gasteiger partial charge < -0.3 is 8.98 Å². The summed E-state index contributed by atoms with van der Waals surface area (Å²) in [5.74, 6) is 1.86. The van der Waals surface area contributed by atoms with Gasteiger partial charge in [0.25, 0.3) is 0 Å². The predicted molar refractivity (Wildman–Crippen MR) is 258 cm³/mol. The maximum absolute atomic E-state index is 6.11. The van der Waals surface area contributed by atoms with Crippen molar-refractivity contribution in [2.24, 2.45) is 0 Å². The molecule has 0 N–H and O–H groups in total. The van der Waals surface area contributed by atoms with E-state index < -0.39 is 0 Å². The molecule has 5 nitrogen and oxygen atoms in total. The van der Waals surface area contributed by atoms with Gasteiger partial charge >= 0.3 is 0 Å². The van der Waals surface area contributed by atoms with E-state index >= 15 is 0 Å². The van der Waals surface area contributed by atoms with Crippen LogP contribution in [0.15, 0.2) is 199 Å². The first kappa shape index (κ1) is 35.6. The number of rotatable bonds is 5. The number of nitrogens with zero attached hydrogens (tertiary/aromatic N) is 4. The van der Waals surface area contributed by atoms with Gasteiger partial charge in [-0.1, -0.05) is 166 Å². The van der Waals surface area contributed by atoms with Crippen molar-refractivity contribution in [1.82, 2.24) is 19.5 Å². The van der Waals surface area contributed by atoms with Crippen molar-refractivity contribution in [3.8, 4) is 62.1 Å². The average Bonchev–Trinajstić information content (AvgIpc) is 3.88. The van der Waals surface area contributed by atoms with E-state index in [1.165, 1.54) is 49.3 Å². The first-order chi connectivity index (χ1) is 31.0. The molecule has 0 spiro atoms. The van der Waals surface area contributed by atoms with E-state index in [0.29, 0.717) is 17.5 Å². The maximum Gasteiger partial charge on any atom is 0.164 e. The third kappa shape index (κ3) is 5.39. The van der Waals surface area contributed by atoms with Crippen molar-refractivity contribution in [2.75, 3.05) is 0 Å². The van der Waals surface area contributed by atoms with Crippen LogP contribution < -0.4 is 0 Å². The van der Waals surface area contributed by atoms with E-state index in [2.05, 4.69) is 182 Å². The second kappa shape index (κ2) is 13.4. The summed E-state index contributed by atoms with van der Waals surface area (Å²) in [6, 6.07) is 68.9. The summed E-state index contributed by atoms with van der Waals surface area (Å²) >= 11 is 0. The summed E-state index contributed by atoms with van der Waals surface area (Å²) in [7, 11) is 0. The molecule has 0 saturated heterocycles. The van der Waals surface area contributed by atoms with Crippen LogP contribution in [0, 0.1) is 0 Å². The second-order valence-electron chi connectivity index (χ2n) is 17.2. The average molecular weight is 807 g/mol. The molecule has 63 heavy (non-hydrogen) atoms. The van der Waals surface area contributed by atoms with Crippen LogP contribution in [0.1, 0.15) is 25.0 Å². The van der Waals surface area contributed by atoms with Crippen LogP contribution in [0.5, 0.6) is 0 Å². The van der Waals surface area contributed by atoms with Gasteiger partial charge in [0.2, 0.25) is 0 Å². The molecule has 3 aromatic heterocycles. The van der Waals surface area contributed by atoms with E-state index in [1.807, 2.05) is 30.3 Å². The third-order valence-corrected chi connectivity index (χ3v) is 13.2. The number of aromatic nitrogens is 4. The zero-order chi connectivity index (χ0) is 41.8. The lowest BCUT2D eigenvalue weighted by Gasteiger charge is -2.35. The fourth-order valence-corrected chi connectivity index (χ4v) is 10.2. The molecule has 0 radical (unpaired) electrons. The van der Waals surface area contributed by atoms with Crippen molar-refractivity contribution >= 4 is 54.5 Å². The molecule has 12 aromatic rings. The van der Waals surface area contributed by atoms with Gasteiger partial charge in [0.15, 0.2) is 17.5 Å². The van der Waals surface area contributed by atoms with E-state index in [1.54, 1.807) is 0 Å². The monoisotopic (exact) mass is 806 g/mol. The Hall–Kier alpha value is -8.15. The third-order valence-electron chi connectivity index (χ3n) is 13.2. The molecule has 0 amide bonds. The van der Waals surface area contributed by atoms with E-state index in [-0.39, 0.29) is 5.41 Å². The summed E-state index contributed by atoms with van der Waals surface area (Å²) < 4.78 is 8.57. The Morgan fingerprint density at radius 3 is 1.89 bits per heavy atom. The fourth-order valence-electron chi connectivity index (χ4n) is 10.2. The molecular weight excluding hydrogens is 769 g/mol. The molecule has 0 bridgehead atoms. The SMILES string of the molecule is CC1(C)c2ccccc2-c2c3c1cccc3cc1c3ccccc3n(-c3cccc(-c4nc(-c5ccccc5)nc(-c5ccc(-c6ccc7oc8ccccc8c7c6)cc5)n4)c3)c21. The Labute approximate surface area is 363 Å². The Kier molecular flexibility index (Phi) is 7.58. The van der Waals surface area contributed by atoms with E-state index in [9.17, 15) is 0 Å². The molecule has 296 valence electrons. The van der Waals surface area contributed by atoms with Crippen molar-refractivity contribution in [1.29, 1.82) is 0 Å². The number of benzene rings is 9. The molecule has 0 aliphatic heterocycles. The minimum Gasteiger partial charge on any atom is -0.456 e. The molecule has 0 fully saturated rings. The van der Waals surface area contributed by atoms with Gasteiger partial charge in [-0.2, -0.15) is 0 Å². The Bertz CT molecular complexity index is 3820. The van der Waals surface area contributed by atoms with Gasteiger partial charge in [-0.15, -0.1) is 0 Å². The summed E-state index contributed by atoms with van der Waals surface area (Å²) in [4.78, 5) is 15.5. The van der Waals surface area contributed by atoms with Crippen molar-refractivity contribution < 1.29 is 4.42 Å². The van der Waals surface area contributed by atoms with E-state index in [4.69, 9.17) is 19.4 Å². The maximum atomic E-state index is 6.11. The quantitative estimate of drug-likeness (QED) is 0.174.